The third-order valence-electron chi connectivity index (χ3n) is 1.71. The van der Waals surface area contributed by atoms with Gasteiger partial charge in [-0.2, -0.15) is 0 Å². The van der Waals surface area contributed by atoms with Crippen LogP contribution in [-0.4, -0.2) is 51.5 Å². The molecular formula is C8H17ClN2O3S. The second-order valence-corrected chi connectivity index (χ2v) is 5.81. The third kappa shape index (κ3) is 6.70. The van der Waals surface area contributed by atoms with E-state index in [1.807, 2.05) is 0 Å². The molecule has 0 aromatic heterocycles. The molecule has 0 radical (unpaired) electrons. The van der Waals surface area contributed by atoms with Gasteiger partial charge >= 0.3 is 0 Å². The lowest BCUT2D eigenvalue weighted by molar-refractivity contribution is -0.127. The van der Waals surface area contributed by atoms with Crippen LogP contribution in [0, 0.1) is 5.92 Å². The molecule has 0 fully saturated rings. The first-order valence-electron chi connectivity index (χ1n) is 4.52. The molecule has 0 bridgehead atoms. The number of nitrogens with zero attached hydrogens (tertiary/aromatic N) is 1. The third-order valence-corrected chi connectivity index (χ3v) is 3.83. The summed E-state index contributed by atoms with van der Waals surface area (Å²) in [5.41, 5.74) is 0. The fourth-order valence-electron chi connectivity index (χ4n) is 0.808. The number of carbonyl (C=O) groups excluding carboxylic acids is 1. The number of hydrogen-bond donors (Lipinski definition) is 1. The fraction of sp³-hybridized carbons (Fsp3) is 0.875. The maximum Gasteiger partial charge on any atom is 0.237 e. The minimum Gasteiger partial charge on any atom is -0.348 e. The molecule has 0 spiro atoms. The molecule has 0 aliphatic rings. The quantitative estimate of drug-likeness (QED) is 0.674. The van der Waals surface area contributed by atoms with Gasteiger partial charge in [0.15, 0.2) is 0 Å². The molecule has 0 saturated heterocycles. The van der Waals surface area contributed by atoms with Crippen LogP contribution >= 0.6 is 11.6 Å². The van der Waals surface area contributed by atoms with Gasteiger partial charge in [0.25, 0.3) is 0 Å². The Kier molecular flexibility index (Phi) is 6.16. The van der Waals surface area contributed by atoms with E-state index in [-0.39, 0.29) is 30.0 Å². The molecule has 1 atom stereocenters. The maximum atomic E-state index is 11.4. The predicted octanol–water partition coefficient (Wildman–Crippen LogP) is -0.131. The zero-order valence-corrected chi connectivity index (χ0v) is 10.7. The van der Waals surface area contributed by atoms with Crippen molar-refractivity contribution in [3.63, 3.8) is 0 Å². The van der Waals surface area contributed by atoms with E-state index in [1.54, 1.807) is 21.0 Å². The smallest absolute Gasteiger partial charge is 0.237 e. The molecule has 0 aliphatic heterocycles. The molecule has 0 aromatic carbocycles. The number of likely N-dealkylation sites (N-methyl/N-ethyl adjacent to an activating group) is 1. The molecule has 90 valence electrons. The van der Waals surface area contributed by atoms with Crippen molar-refractivity contribution in [2.45, 2.75) is 6.92 Å². The molecule has 1 unspecified atom stereocenters. The highest BCUT2D eigenvalue weighted by Gasteiger charge is 2.16. The van der Waals surface area contributed by atoms with Gasteiger partial charge in [-0.05, 0) is 5.92 Å². The van der Waals surface area contributed by atoms with Crippen molar-refractivity contribution >= 4 is 27.5 Å². The van der Waals surface area contributed by atoms with Crippen molar-refractivity contribution in [2.24, 2.45) is 5.92 Å². The Hall–Kier alpha value is -0.330. The lowest BCUT2D eigenvalue weighted by atomic mass is 10.3. The van der Waals surface area contributed by atoms with Crippen LogP contribution in [0.3, 0.4) is 0 Å². The minimum atomic E-state index is -3.40. The summed E-state index contributed by atoms with van der Waals surface area (Å²) in [4.78, 5) is 12.4. The van der Waals surface area contributed by atoms with Crippen molar-refractivity contribution in [3.8, 4) is 0 Å². The Morgan fingerprint density at radius 3 is 2.40 bits per heavy atom. The number of alkyl halides is 1. The van der Waals surface area contributed by atoms with E-state index in [2.05, 4.69) is 4.72 Å². The second kappa shape index (κ2) is 6.30. The van der Waals surface area contributed by atoms with Gasteiger partial charge in [-0.3, -0.25) is 4.79 Å². The first-order chi connectivity index (χ1) is 6.78. The Morgan fingerprint density at radius 2 is 2.00 bits per heavy atom. The van der Waals surface area contributed by atoms with Crippen LogP contribution in [0.4, 0.5) is 0 Å². The largest absolute Gasteiger partial charge is 0.348 e. The van der Waals surface area contributed by atoms with Crippen molar-refractivity contribution < 1.29 is 13.2 Å². The summed E-state index contributed by atoms with van der Waals surface area (Å²) in [5.74, 6) is -0.185. The molecular weight excluding hydrogens is 240 g/mol. The summed E-state index contributed by atoms with van der Waals surface area (Å²) in [7, 11) is -0.268. The first kappa shape index (κ1) is 14.7. The molecule has 0 rings (SSSR count). The van der Waals surface area contributed by atoms with E-state index in [1.165, 1.54) is 4.90 Å². The van der Waals surface area contributed by atoms with Crippen LogP contribution < -0.4 is 4.72 Å². The zero-order chi connectivity index (χ0) is 12.1. The van der Waals surface area contributed by atoms with Crippen LogP contribution in [-0.2, 0) is 14.8 Å². The lowest BCUT2D eigenvalue weighted by Crippen LogP contribution is -2.38. The van der Waals surface area contributed by atoms with Gasteiger partial charge in [0, 0.05) is 20.0 Å². The van der Waals surface area contributed by atoms with Crippen LogP contribution in [0.25, 0.3) is 0 Å². The van der Waals surface area contributed by atoms with E-state index in [0.717, 1.165) is 0 Å². The predicted molar refractivity (Wildman–Crippen MR) is 60.4 cm³/mol. The normalized spacial score (nSPS) is 13.6. The molecule has 5 nitrogen and oxygen atoms in total. The molecule has 15 heavy (non-hydrogen) atoms. The van der Waals surface area contributed by atoms with E-state index in [4.69, 9.17) is 11.6 Å². The maximum absolute atomic E-state index is 11.4. The number of nitrogens with one attached hydrogen (secondary N) is 1. The minimum absolute atomic E-state index is 0.0583. The molecule has 0 aromatic rings. The van der Waals surface area contributed by atoms with Crippen LogP contribution in [0.15, 0.2) is 0 Å². The second-order valence-electron chi connectivity index (χ2n) is 3.65. The molecule has 7 heteroatoms. The van der Waals surface area contributed by atoms with E-state index >= 15 is 0 Å². The van der Waals surface area contributed by atoms with Gasteiger partial charge < -0.3 is 4.90 Å². The monoisotopic (exact) mass is 256 g/mol. The van der Waals surface area contributed by atoms with E-state index < -0.39 is 10.0 Å². The summed E-state index contributed by atoms with van der Waals surface area (Å²) in [6.07, 6.45) is 0. The SMILES string of the molecule is CC(CCl)CS(=O)(=O)NCC(=O)N(C)C. The van der Waals surface area contributed by atoms with E-state index in [0.29, 0.717) is 0 Å². The van der Waals surface area contributed by atoms with Crippen molar-refractivity contribution in [2.75, 3.05) is 32.3 Å². The summed E-state index contributed by atoms with van der Waals surface area (Å²) < 4.78 is 25.0. The first-order valence-corrected chi connectivity index (χ1v) is 6.70. The average Bonchev–Trinajstić information content (AvgIpc) is 2.13. The molecule has 1 N–H and O–H groups in total. The Labute approximate surface area is 95.8 Å². The number of sulfonamides is 1. The van der Waals surface area contributed by atoms with Gasteiger partial charge in [0.05, 0.1) is 12.3 Å². The molecule has 1 amide bonds. The number of halogens is 1. The van der Waals surface area contributed by atoms with Crippen LogP contribution in [0.2, 0.25) is 0 Å². The highest BCUT2D eigenvalue weighted by Crippen LogP contribution is 2.01. The zero-order valence-electron chi connectivity index (χ0n) is 9.16. The Morgan fingerprint density at radius 1 is 1.47 bits per heavy atom. The number of carbonyl (C=O) groups is 1. The van der Waals surface area contributed by atoms with Crippen LogP contribution in [0.1, 0.15) is 6.92 Å². The fourth-order valence-corrected chi connectivity index (χ4v) is 2.37. The van der Waals surface area contributed by atoms with Crippen molar-refractivity contribution in [1.29, 1.82) is 0 Å². The van der Waals surface area contributed by atoms with Gasteiger partial charge in [-0.25, -0.2) is 13.1 Å². The molecule has 0 saturated carbocycles. The number of rotatable bonds is 6. The summed E-state index contributed by atoms with van der Waals surface area (Å²) in [6, 6.07) is 0. The van der Waals surface area contributed by atoms with Gasteiger partial charge in [-0.15, -0.1) is 11.6 Å². The Balaban J connectivity index is 4.11. The average molecular weight is 257 g/mol. The molecule has 0 heterocycles. The van der Waals surface area contributed by atoms with Gasteiger partial charge in [0.2, 0.25) is 15.9 Å². The summed E-state index contributed by atoms with van der Waals surface area (Å²) in [5, 5.41) is 0. The van der Waals surface area contributed by atoms with Crippen LogP contribution in [0.5, 0.6) is 0 Å². The van der Waals surface area contributed by atoms with Crippen molar-refractivity contribution in [1.82, 2.24) is 9.62 Å². The summed E-state index contributed by atoms with van der Waals surface area (Å²) in [6.45, 7) is 1.53. The lowest BCUT2D eigenvalue weighted by Gasteiger charge is -2.12. The van der Waals surface area contributed by atoms with Gasteiger partial charge in [-0.1, -0.05) is 6.92 Å². The van der Waals surface area contributed by atoms with Crippen molar-refractivity contribution in [3.05, 3.63) is 0 Å². The topological polar surface area (TPSA) is 66.5 Å². The summed E-state index contributed by atoms with van der Waals surface area (Å²) >= 11 is 5.50. The Bertz CT molecular complexity index is 303. The molecule has 0 aliphatic carbocycles. The highest BCUT2D eigenvalue weighted by molar-refractivity contribution is 7.89. The standard InChI is InChI=1S/C8H17ClN2O3S/c1-7(4-9)6-15(13,14)10-5-8(12)11(2)3/h7,10H,4-6H2,1-3H3. The van der Waals surface area contributed by atoms with Gasteiger partial charge in [0.1, 0.15) is 0 Å². The number of hydrogen-bond acceptors (Lipinski definition) is 3. The number of amides is 1. The highest BCUT2D eigenvalue weighted by atomic mass is 35.5. The van der Waals surface area contributed by atoms with E-state index in [9.17, 15) is 13.2 Å².